The van der Waals surface area contributed by atoms with Gasteiger partial charge in [0.15, 0.2) is 0 Å². The van der Waals surface area contributed by atoms with E-state index in [1.165, 1.54) is 24.0 Å². The molecule has 0 unspecified atom stereocenters. The number of hydrogen-bond acceptors (Lipinski definition) is 4. The Morgan fingerprint density at radius 3 is 2.63 bits per heavy atom. The fourth-order valence-electron chi connectivity index (χ4n) is 2.24. The fourth-order valence-corrected chi connectivity index (χ4v) is 2.24. The van der Waals surface area contributed by atoms with Gasteiger partial charge in [0, 0.05) is 32.0 Å². The van der Waals surface area contributed by atoms with Gasteiger partial charge in [0.05, 0.1) is 4.92 Å². The number of carbonyl (C=O) groups is 2. The molecular weight excluding hydrogens is 252 g/mol. The first-order valence-corrected chi connectivity index (χ1v) is 5.66. The van der Waals surface area contributed by atoms with E-state index >= 15 is 0 Å². The largest absolute Gasteiger partial charge is 0.480 e. The Morgan fingerprint density at radius 2 is 2.11 bits per heavy atom. The zero-order chi connectivity index (χ0) is 14.2. The molecule has 0 aliphatic carbocycles. The number of carboxylic acid groups (broad SMARTS) is 1. The van der Waals surface area contributed by atoms with E-state index in [1.807, 2.05) is 0 Å². The van der Waals surface area contributed by atoms with Gasteiger partial charge in [-0.2, -0.15) is 0 Å². The van der Waals surface area contributed by atoms with Crippen molar-refractivity contribution in [2.45, 2.75) is 25.9 Å². The van der Waals surface area contributed by atoms with Crippen molar-refractivity contribution in [1.29, 1.82) is 0 Å². The highest BCUT2D eigenvalue weighted by molar-refractivity contribution is 5.83. The molecule has 0 radical (unpaired) electrons. The van der Waals surface area contributed by atoms with Crippen molar-refractivity contribution in [2.75, 3.05) is 0 Å². The summed E-state index contributed by atoms with van der Waals surface area (Å²) in [5.41, 5.74) is 1.30. The first kappa shape index (κ1) is 13.0. The molecule has 7 nitrogen and oxygen atoms in total. The van der Waals surface area contributed by atoms with E-state index in [0.29, 0.717) is 5.56 Å². The lowest BCUT2D eigenvalue weighted by molar-refractivity contribution is -0.385. The third kappa shape index (κ3) is 2.40. The minimum absolute atomic E-state index is 0.0592. The predicted octanol–water partition coefficient (Wildman–Crippen LogP) is 0.953. The summed E-state index contributed by atoms with van der Waals surface area (Å²) in [6, 6.07) is 3.39. The predicted molar refractivity (Wildman–Crippen MR) is 64.4 cm³/mol. The molecule has 1 atom stereocenters. The summed E-state index contributed by atoms with van der Waals surface area (Å²) < 4.78 is 0. The van der Waals surface area contributed by atoms with Gasteiger partial charge in [-0.3, -0.25) is 14.9 Å². The van der Waals surface area contributed by atoms with Crippen LogP contribution in [-0.4, -0.2) is 32.8 Å². The second-order valence-electron chi connectivity index (χ2n) is 4.42. The molecule has 1 aromatic carbocycles. The zero-order valence-corrected chi connectivity index (χ0v) is 10.2. The number of carboxylic acids is 1. The quantitative estimate of drug-likeness (QED) is 0.633. The van der Waals surface area contributed by atoms with Gasteiger partial charge in [0.1, 0.15) is 6.04 Å². The number of nitro groups is 1. The van der Waals surface area contributed by atoms with Gasteiger partial charge in [-0.15, -0.1) is 0 Å². The van der Waals surface area contributed by atoms with E-state index in [0.717, 1.165) is 5.56 Å². The molecule has 0 saturated carbocycles. The van der Waals surface area contributed by atoms with Crippen LogP contribution < -0.4 is 0 Å². The van der Waals surface area contributed by atoms with Gasteiger partial charge in [-0.1, -0.05) is 6.07 Å². The standard InChI is InChI=1S/C12H12N2O5/c1-7(15)13-6-9-4-10(14(18)19)3-2-8(9)5-11(13)12(16)17/h2-4,11H,5-6H2,1H3,(H,16,17)/t11-/m0/s1. The van der Waals surface area contributed by atoms with Crippen LogP contribution in [0, 0.1) is 10.1 Å². The number of hydrogen-bond donors (Lipinski definition) is 1. The maximum atomic E-state index is 11.5. The molecule has 1 amide bonds. The van der Waals surface area contributed by atoms with Crippen molar-refractivity contribution in [1.82, 2.24) is 4.90 Å². The van der Waals surface area contributed by atoms with Crippen molar-refractivity contribution < 1.29 is 19.6 Å². The lowest BCUT2D eigenvalue weighted by Gasteiger charge is -2.33. The molecule has 2 rings (SSSR count). The Bertz CT molecular complexity index is 569. The van der Waals surface area contributed by atoms with Crippen LogP contribution in [0.4, 0.5) is 5.69 Å². The highest BCUT2D eigenvalue weighted by Gasteiger charge is 2.33. The minimum Gasteiger partial charge on any atom is -0.480 e. The maximum absolute atomic E-state index is 11.5. The van der Waals surface area contributed by atoms with Crippen LogP contribution in [-0.2, 0) is 22.6 Å². The molecule has 0 aromatic heterocycles. The van der Waals surface area contributed by atoms with Crippen LogP contribution in [0.5, 0.6) is 0 Å². The van der Waals surface area contributed by atoms with Crippen molar-refractivity contribution in [3.8, 4) is 0 Å². The number of rotatable bonds is 2. The second kappa shape index (κ2) is 4.68. The molecule has 7 heteroatoms. The smallest absolute Gasteiger partial charge is 0.326 e. The van der Waals surface area contributed by atoms with Gasteiger partial charge in [-0.05, 0) is 11.1 Å². The van der Waals surface area contributed by atoms with Crippen LogP contribution in [0.25, 0.3) is 0 Å². The zero-order valence-electron chi connectivity index (χ0n) is 10.2. The molecule has 1 aromatic rings. The summed E-state index contributed by atoms with van der Waals surface area (Å²) in [6.07, 6.45) is 0.169. The number of amides is 1. The molecule has 0 bridgehead atoms. The molecule has 100 valence electrons. The Hall–Kier alpha value is -2.44. The van der Waals surface area contributed by atoms with E-state index < -0.39 is 16.9 Å². The van der Waals surface area contributed by atoms with Crippen molar-refractivity contribution in [3.05, 3.63) is 39.4 Å². The van der Waals surface area contributed by atoms with Gasteiger partial charge in [-0.25, -0.2) is 4.79 Å². The highest BCUT2D eigenvalue weighted by Crippen LogP contribution is 2.27. The average Bonchev–Trinajstić information content (AvgIpc) is 2.36. The Labute approximate surface area is 108 Å². The summed E-state index contributed by atoms with van der Waals surface area (Å²) >= 11 is 0. The highest BCUT2D eigenvalue weighted by atomic mass is 16.6. The number of non-ortho nitro benzene ring substituents is 1. The van der Waals surface area contributed by atoms with Crippen LogP contribution in [0.3, 0.4) is 0 Å². The Balaban J connectivity index is 2.41. The monoisotopic (exact) mass is 264 g/mol. The molecule has 1 N–H and O–H groups in total. The lowest BCUT2D eigenvalue weighted by Crippen LogP contribution is -2.47. The van der Waals surface area contributed by atoms with Gasteiger partial charge < -0.3 is 10.0 Å². The SMILES string of the molecule is CC(=O)N1Cc2cc([N+](=O)[O-])ccc2C[C@H]1C(=O)O. The van der Waals surface area contributed by atoms with Crippen molar-refractivity contribution >= 4 is 17.6 Å². The third-order valence-corrected chi connectivity index (χ3v) is 3.22. The normalized spacial score (nSPS) is 17.7. The summed E-state index contributed by atoms with van der Waals surface area (Å²) in [5, 5.41) is 19.8. The molecule has 1 aliphatic rings. The van der Waals surface area contributed by atoms with E-state index in [2.05, 4.69) is 0 Å². The number of benzene rings is 1. The third-order valence-electron chi connectivity index (χ3n) is 3.22. The van der Waals surface area contributed by atoms with Crippen molar-refractivity contribution in [2.24, 2.45) is 0 Å². The number of nitrogens with zero attached hydrogens (tertiary/aromatic N) is 2. The fraction of sp³-hybridized carbons (Fsp3) is 0.333. The van der Waals surface area contributed by atoms with Gasteiger partial charge in [0.2, 0.25) is 5.91 Å². The number of carbonyl (C=O) groups excluding carboxylic acids is 1. The molecule has 0 saturated heterocycles. The van der Waals surface area contributed by atoms with E-state index in [-0.39, 0.29) is 24.6 Å². The van der Waals surface area contributed by atoms with E-state index in [4.69, 9.17) is 5.11 Å². The molecule has 0 spiro atoms. The summed E-state index contributed by atoms with van der Waals surface area (Å²) in [7, 11) is 0. The summed E-state index contributed by atoms with van der Waals surface area (Å²) in [4.78, 5) is 34.0. The number of fused-ring (bicyclic) bond motifs is 1. The summed E-state index contributed by atoms with van der Waals surface area (Å²) in [5.74, 6) is -1.43. The molecule has 0 fully saturated rings. The maximum Gasteiger partial charge on any atom is 0.326 e. The molecule has 1 heterocycles. The lowest BCUT2D eigenvalue weighted by atomic mass is 9.93. The van der Waals surface area contributed by atoms with Crippen LogP contribution in [0.2, 0.25) is 0 Å². The first-order valence-electron chi connectivity index (χ1n) is 5.66. The average molecular weight is 264 g/mol. The van der Waals surface area contributed by atoms with Gasteiger partial charge in [0.25, 0.3) is 5.69 Å². The molecular formula is C12H12N2O5. The van der Waals surface area contributed by atoms with Crippen LogP contribution >= 0.6 is 0 Å². The minimum atomic E-state index is -1.07. The summed E-state index contributed by atoms with van der Waals surface area (Å²) in [6.45, 7) is 1.38. The van der Waals surface area contributed by atoms with E-state index in [9.17, 15) is 19.7 Å². The molecule has 19 heavy (non-hydrogen) atoms. The van der Waals surface area contributed by atoms with Gasteiger partial charge >= 0.3 is 5.97 Å². The van der Waals surface area contributed by atoms with Crippen LogP contribution in [0.1, 0.15) is 18.1 Å². The topological polar surface area (TPSA) is 101 Å². The Kier molecular flexibility index (Phi) is 3.20. The number of nitro benzene ring substituents is 1. The van der Waals surface area contributed by atoms with E-state index in [1.54, 1.807) is 6.07 Å². The second-order valence-corrected chi connectivity index (χ2v) is 4.42. The first-order chi connectivity index (χ1) is 8.90. The van der Waals surface area contributed by atoms with Crippen molar-refractivity contribution in [3.63, 3.8) is 0 Å². The number of aliphatic carboxylic acids is 1. The molecule has 1 aliphatic heterocycles. The Morgan fingerprint density at radius 1 is 1.42 bits per heavy atom. The van der Waals surface area contributed by atoms with Crippen LogP contribution in [0.15, 0.2) is 18.2 Å².